The summed E-state index contributed by atoms with van der Waals surface area (Å²) in [7, 11) is 0. The minimum absolute atomic E-state index is 0.131. The molecule has 2 rings (SSSR count). The maximum absolute atomic E-state index is 12.9. The van der Waals surface area contributed by atoms with Crippen LogP contribution in [0.3, 0.4) is 0 Å². The van der Waals surface area contributed by atoms with E-state index in [1.807, 2.05) is 0 Å². The van der Waals surface area contributed by atoms with Gasteiger partial charge in [0, 0.05) is 5.69 Å². The first kappa shape index (κ1) is 16.7. The number of rotatable bonds is 4. The lowest BCUT2D eigenvalue weighted by Gasteiger charge is -2.13. The van der Waals surface area contributed by atoms with Gasteiger partial charge in [-0.2, -0.15) is 22.0 Å². The molecule has 0 spiro atoms. The molecule has 8 heteroatoms. The third-order valence-electron chi connectivity index (χ3n) is 2.81. The van der Waals surface area contributed by atoms with Crippen LogP contribution in [0.4, 0.5) is 27.6 Å². The zero-order valence-electron chi connectivity index (χ0n) is 11.4. The highest BCUT2D eigenvalue weighted by molar-refractivity contribution is 6.05. The largest absolute Gasteiger partial charge is 0.435 e. The molecule has 122 valence electrons. The molecular weight excluding hydrogens is 321 g/mol. The van der Waals surface area contributed by atoms with Gasteiger partial charge in [0.05, 0.1) is 11.1 Å². The van der Waals surface area contributed by atoms with Gasteiger partial charge in [-0.1, -0.05) is 12.1 Å². The summed E-state index contributed by atoms with van der Waals surface area (Å²) in [6, 6.07) is 9.15. The third-order valence-corrected chi connectivity index (χ3v) is 2.81. The van der Waals surface area contributed by atoms with Crippen molar-refractivity contribution < 1.29 is 31.5 Å². The molecule has 0 aliphatic carbocycles. The molecule has 23 heavy (non-hydrogen) atoms. The Morgan fingerprint density at radius 1 is 1.00 bits per heavy atom. The lowest BCUT2D eigenvalue weighted by Crippen LogP contribution is -2.18. The topological polar surface area (TPSA) is 38.3 Å². The minimum atomic E-state index is -4.66. The van der Waals surface area contributed by atoms with E-state index in [-0.39, 0.29) is 11.4 Å². The summed E-state index contributed by atoms with van der Waals surface area (Å²) in [6.07, 6.45) is -4.66. The lowest BCUT2D eigenvalue weighted by molar-refractivity contribution is -0.137. The fourth-order valence-corrected chi connectivity index (χ4v) is 1.85. The molecule has 1 amide bonds. The number of carbonyl (C=O) groups excluding carboxylic acids is 1. The average Bonchev–Trinajstić information content (AvgIpc) is 2.48. The van der Waals surface area contributed by atoms with Crippen molar-refractivity contribution in [2.45, 2.75) is 12.8 Å². The minimum Gasteiger partial charge on any atom is -0.435 e. The SMILES string of the molecule is O=C(Nc1ccc(OC(F)F)cc1)c1ccccc1C(F)(F)F. The highest BCUT2D eigenvalue weighted by Gasteiger charge is 2.34. The Morgan fingerprint density at radius 3 is 2.17 bits per heavy atom. The van der Waals surface area contributed by atoms with E-state index in [1.165, 1.54) is 24.3 Å². The molecular formula is C15H10F5NO2. The first-order chi connectivity index (χ1) is 10.8. The Hall–Kier alpha value is -2.64. The number of halogens is 5. The number of anilines is 1. The molecule has 0 bridgehead atoms. The Balaban J connectivity index is 2.17. The first-order valence-electron chi connectivity index (χ1n) is 6.30. The van der Waals surface area contributed by atoms with Crippen molar-refractivity contribution in [1.29, 1.82) is 0 Å². The van der Waals surface area contributed by atoms with Gasteiger partial charge < -0.3 is 10.1 Å². The number of hydrogen-bond donors (Lipinski definition) is 1. The fraction of sp³-hybridized carbons (Fsp3) is 0.133. The molecule has 3 nitrogen and oxygen atoms in total. The van der Waals surface area contributed by atoms with E-state index in [4.69, 9.17) is 0 Å². The maximum atomic E-state index is 12.9. The molecule has 1 N–H and O–H groups in total. The smallest absolute Gasteiger partial charge is 0.417 e. The molecule has 0 saturated carbocycles. The molecule has 0 atom stereocenters. The summed E-state index contributed by atoms with van der Waals surface area (Å²) in [6.45, 7) is -2.99. The van der Waals surface area contributed by atoms with Crippen LogP contribution >= 0.6 is 0 Å². The monoisotopic (exact) mass is 331 g/mol. The van der Waals surface area contributed by atoms with Crippen LogP contribution in [0.1, 0.15) is 15.9 Å². The summed E-state index contributed by atoms with van der Waals surface area (Å²) in [4.78, 5) is 12.0. The van der Waals surface area contributed by atoms with Crippen molar-refractivity contribution in [2.24, 2.45) is 0 Å². The van der Waals surface area contributed by atoms with E-state index >= 15 is 0 Å². The van der Waals surface area contributed by atoms with Crippen LogP contribution in [0, 0.1) is 0 Å². The number of amides is 1. The van der Waals surface area contributed by atoms with Gasteiger partial charge in [0.25, 0.3) is 5.91 Å². The van der Waals surface area contributed by atoms with Crippen molar-refractivity contribution in [1.82, 2.24) is 0 Å². The van der Waals surface area contributed by atoms with E-state index in [0.717, 1.165) is 24.3 Å². The predicted octanol–water partition coefficient (Wildman–Crippen LogP) is 4.56. The van der Waals surface area contributed by atoms with Crippen LogP contribution in [-0.2, 0) is 6.18 Å². The second-order valence-electron chi connectivity index (χ2n) is 4.40. The second-order valence-corrected chi connectivity index (χ2v) is 4.40. The van der Waals surface area contributed by atoms with Crippen LogP contribution in [0.15, 0.2) is 48.5 Å². The highest BCUT2D eigenvalue weighted by atomic mass is 19.4. The summed E-state index contributed by atoms with van der Waals surface area (Å²) in [5.41, 5.74) is -1.45. The van der Waals surface area contributed by atoms with Gasteiger partial charge in [0.1, 0.15) is 5.75 Å². The van der Waals surface area contributed by atoms with E-state index in [2.05, 4.69) is 10.1 Å². The number of benzene rings is 2. The van der Waals surface area contributed by atoms with Crippen LogP contribution in [-0.4, -0.2) is 12.5 Å². The van der Waals surface area contributed by atoms with Gasteiger partial charge in [0.2, 0.25) is 0 Å². The van der Waals surface area contributed by atoms with Crippen LogP contribution in [0.25, 0.3) is 0 Å². The van der Waals surface area contributed by atoms with Gasteiger partial charge in [-0.25, -0.2) is 0 Å². The molecule has 0 saturated heterocycles. The average molecular weight is 331 g/mol. The van der Waals surface area contributed by atoms with Crippen LogP contribution in [0.5, 0.6) is 5.75 Å². The molecule has 0 unspecified atom stereocenters. The zero-order chi connectivity index (χ0) is 17.0. The van der Waals surface area contributed by atoms with Crippen molar-refractivity contribution in [3.8, 4) is 5.75 Å². The molecule has 2 aromatic carbocycles. The zero-order valence-corrected chi connectivity index (χ0v) is 11.4. The lowest BCUT2D eigenvalue weighted by atomic mass is 10.1. The number of nitrogens with one attached hydrogen (secondary N) is 1. The molecule has 2 aromatic rings. The third kappa shape index (κ3) is 4.41. The van der Waals surface area contributed by atoms with Crippen molar-refractivity contribution in [3.05, 3.63) is 59.7 Å². The summed E-state index contributed by atoms with van der Waals surface area (Å²) < 4.78 is 66.7. The van der Waals surface area contributed by atoms with Gasteiger partial charge in [-0.3, -0.25) is 4.79 Å². The Labute approximate surface area is 127 Å². The molecule has 0 radical (unpaired) electrons. The Morgan fingerprint density at radius 2 is 1.61 bits per heavy atom. The van der Waals surface area contributed by atoms with E-state index in [0.29, 0.717) is 0 Å². The van der Waals surface area contributed by atoms with Crippen molar-refractivity contribution >= 4 is 11.6 Å². The van der Waals surface area contributed by atoms with E-state index < -0.39 is 29.8 Å². The normalized spacial score (nSPS) is 11.4. The van der Waals surface area contributed by atoms with Crippen LogP contribution < -0.4 is 10.1 Å². The van der Waals surface area contributed by atoms with Gasteiger partial charge in [0.15, 0.2) is 0 Å². The predicted molar refractivity (Wildman–Crippen MR) is 72.5 cm³/mol. The molecule has 0 heterocycles. The highest BCUT2D eigenvalue weighted by Crippen LogP contribution is 2.32. The molecule has 0 aliphatic rings. The van der Waals surface area contributed by atoms with Gasteiger partial charge >= 0.3 is 12.8 Å². The first-order valence-corrected chi connectivity index (χ1v) is 6.30. The maximum Gasteiger partial charge on any atom is 0.417 e. The number of hydrogen-bond acceptors (Lipinski definition) is 2. The Bertz CT molecular complexity index is 683. The number of carbonyl (C=O) groups is 1. The molecule has 0 aromatic heterocycles. The molecule has 0 aliphatic heterocycles. The van der Waals surface area contributed by atoms with Crippen LogP contribution in [0.2, 0.25) is 0 Å². The van der Waals surface area contributed by atoms with Gasteiger partial charge in [-0.05, 0) is 36.4 Å². The number of ether oxygens (including phenoxy) is 1. The van der Waals surface area contributed by atoms with Crippen molar-refractivity contribution in [2.75, 3.05) is 5.32 Å². The standard InChI is InChI=1S/C15H10F5NO2/c16-14(17)23-10-7-5-9(6-8-10)21-13(22)11-3-1-2-4-12(11)15(18,19)20/h1-8,14H,(H,21,22). The van der Waals surface area contributed by atoms with E-state index in [1.54, 1.807) is 0 Å². The Kier molecular flexibility index (Phi) is 4.83. The summed E-state index contributed by atoms with van der Waals surface area (Å²) >= 11 is 0. The summed E-state index contributed by atoms with van der Waals surface area (Å²) in [5, 5.41) is 2.27. The van der Waals surface area contributed by atoms with E-state index in [9.17, 15) is 26.7 Å². The fourth-order valence-electron chi connectivity index (χ4n) is 1.85. The van der Waals surface area contributed by atoms with Gasteiger partial charge in [-0.15, -0.1) is 0 Å². The molecule has 0 fully saturated rings. The number of alkyl halides is 5. The summed E-state index contributed by atoms with van der Waals surface area (Å²) in [5.74, 6) is -1.09. The van der Waals surface area contributed by atoms with Crippen molar-refractivity contribution in [3.63, 3.8) is 0 Å². The second kappa shape index (κ2) is 6.64. The quantitative estimate of drug-likeness (QED) is 0.834.